The lowest BCUT2D eigenvalue weighted by atomic mass is 10.1. The second kappa shape index (κ2) is 13.0. The molecule has 0 bridgehead atoms. The molecule has 6 nitrogen and oxygen atoms in total. The Labute approximate surface area is 218 Å². The number of rotatable bonds is 11. The maximum absolute atomic E-state index is 13.4. The molecule has 2 amide bonds. The summed E-state index contributed by atoms with van der Waals surface area (Å²) < 4.78 is 17.1. The number of anilines is 1. The van der Waals surface area contributed by atoms with E-state index in [0.29, 0.717) is 43.5 Å². The summed E-state index contributed by atoms with van der Waals surface area (Å²) >= 11 is 0. The fraction of sp³-hybridized carbons (Fsp3) is 0.194. The zero-order chi connectivity index (χ0) is 25.9. The lowest BCUT2D eigenvalue weighted by molar-refractivity contribution is 0.206. The van der Waals surface area contributed by atoms with Gasteiger partial charge in [0, 0.05) is 18.8 Å². The van der Waals surface area contributed by atoms with Gasteiger partial charge in [-0.1, -0.05) is 66.7 Å². The number of amides is 2. The van der Waals surface area contributed by atoms with Crippen LogP contribution in [0.15, 0.2) is 103 Å². The summed E-state index contributed by atoms with van der Waals surface area (Å²) in [7, 11) is 1.62. The molecule has 4 aromatic carbocycles. The van der Waals surface area contributed by atoms with Gasteiger partial charge in [0.15, 0.2) is 11.5 Å². The zero-order valence-electron chi connectivity index (χ0n) is 21.2. The molecule has 6 heteroatoms. The average Bonchev–Trinajstić information content (AvgIpc) is 2.94. The molecule has 0 aliphatic carbocycles. The van der Waals surface area contributed by atoms with Gasteiger partial charge in [0.1, 0.15) is 12.4 Å². The Morgan fingerprint density at radius 2 is 1.38 bits per heavy atom. The first-order valence-corrected chi connectivity index (χ1v) is 12.3. The molecule has 0 aliphatic heterocycles. The third kappa shape index (κ3) is 7.51. The number of urea groups is 1. The zero-order valence-corrected chi connectivity index (χ0v) is 21.2. The largest absolute Gasteiger partial charge is 0.494 e. The molecule has 0 spiro atoms. The molecule has 0 saturated heterocycles. The molecule has 4 aromatic rings. The Hall–Kier alpha value is -4.45. The van der Waals surface area contributed by atoms with Gasteiger partial charge >= 0.3 is 6.03 Å². The van der Waals surface area contributed by atoms with Gasteiger partial charge in [-0.2, -0.15) is 0 Å². The number of nitrogens with one attached hydrogen (secondary N) is 1. The third-order valence-corrected chi connectivity index (χ3v) is 5.76. The minimum absolute atomic E-state index is 0.199. The molecule has 0 fully saturated rings. The van der Waals surface area contributed by atoms with Crippen LogP contribution in [0.4, 0.5) is 10.5 Å². The number of hydrogen-bond donors (Lipinski definition) is 1. The van der Waals surface area contributed by atoms with Crippen LogP contribution >= 0.6 is 0 Å². The van der Waals surface area contributed by atoms with E-state index >= 15 is 0 Å². The molecule has 0 radical (unpaired) electrons. The van der Waals surface area contributed by atoms with E-state index in [9.17, 15) is 4.79 Å². The summed E-state index contributed by atoms with van der Waals surface area (Å²) in [5, 5.41) is 3.01. The third-order valence-electron chi connectivity index (χ3n) is 5.76. The van der Waals surface area contributed by atoms with Gasteiger partial charge in [0.25, 0.3) is 0 Å². The number of methoxy groups -OCH3 is 1. The van der Waals surface area contributed by atoms with Gasteiger partial charge in [0.2, 0.25) is 0 Å². The van der Waals surface area contributed by atoms with Crippen molar-refractivity contribution in [1.82, 2.24) is 4.90 Å². The van der Waals surface area contributed by atoms with Crippen molar-refractivity contribution < 1.29 is 19.0 Å². The number of benzene rings is 4. The lowest BCUT2D eigenvalue weighted by Crippen LogP contribution is -2.34. The molecule has 0 unspecified atom stereocenters. The second-order valence-electron chi connectivity index (χ2n) is 8.49. The Balaban J connectivity index is 1.52. The standard InChI is InChI=1S/C31H32N2O4/c1-3-36-28-17-15-27(16-18-28)32-31(34)33(21-24-10-6-4-7-11-24)22-26-14-19-29(35-2)30(20-26)37-23-25-12-8-5-9-13-25/h4-20H,3,21-23H2,1-2H3,(H,32,34). The molecule has 0 heterocycles. The summed E-state index contributed by atoms with van der Waals surface area (Å²) in [5.74, 6) is 2.05. The quantitative estimate of drug-likeness (QED) is 0.245. The molecule has 0 aliphatic rings. The number of carbonyl (C=O) groups is 1. The molecule has 0 atom stereocenters. The van der Waals surface area contributed by atoms with Crippen LogP contribution in [-0.2, 0) is 19.7 Å². The van der Waals surface area contributed by atoms with E-state index in [1.807, 2.05) is 110 Å². The predicted molar refractivity (Wildman–Crippen MR) is 146 cm³/mol. The minimum atomic E-state index is -0.199. The highest BCUT2D eigenvalue weighted by Crippen LogP contribution is 2.30. The van der Waals surface area contributed by atoms with Crippen LogP contribution in [0.5, 0.6) is 17.2 Å². The van der Waals surface area contributed by atoms with Gasteiger partial charge in [-0.3, -0.25) is 0 Å². The number of carbonyl (C=O) groups excluding carboxylic acids is 1. The Kier molecular flexibility index (Phi) is 9.02. The van der Waals surface area contributed by atoms with Gasteiger partial charge in [-0.25, -0.2) is 4.79 Å². The molecular formula is C31H32N2O4. The van der Waals surface area contributed by atoms with Gasteiger partial charge in [0.05, 0.1) is 13.7 Å². The topological polar surface area (TPSA) is 60.0 Å². The van der Waals surface area contributed by atoms with Crippen LogP contribution in [0.1, 0.15) is 23.6 Å². The van der Waals surface area contributed by atoms with Gasteiger partial charge in [-0.15, -0.1) is 0 Å². The fourth-order valence-electron chi connectivity index (χ4n) is 3.89. The molecule has 4 rings (SSSR count). The van der Waals surface area contributed by atoms with Crippen molar-refractivity contribution in [3.63, 3.8) is 0 Å². The smallest absolute Gasteiger partial charge is 0.322 e. The molecular weight excluding hydrogens is 464 g/mol. The number of hydrogen-bond acceptors (Lipinski definition) is 4. The number of nitrogens with zero attached hydrogens (tertiary/aromatic N) is 1. The normalized spacial score (nSPS) is 10.4. The first-order chi connectivity index (χ1) is 18.1. The molecule has 0 aromatic heterocycles. The molecule has 37 heavy (non-hydrogen) atoms. The van der Waals surface area contributed by atoms with Gasteiger partial charge in [-0.05, 0) is 60.0 Å². The van der Waals surface area contributed by atoms with E-state index in [2.05, 4.69) is 5.32 Å². The van der Waals surface area contributed by atoms with Crippen LogP contribution in [-0.4, -0.2) is 24.6 Å². The highest BCUT2D eigenvalue weighted by molar-refractivity contribution is 5.89. The lowest BCUT2D eigenvalue weighted by Gasteiger charge is -2.24. The fourth-order valence-corrected chi connectivity index (χ4v) is 3.89. The summed E-state index contributed by atoms with van der Waals surface area (Å²) in [6.07, 6.45) is 0. The average molecular weight is 497 g/mol. The van der Waals surface area contributed by atoms with Crippen molar-refractivity contribution in [1.29, 1.82) is 0 Å². The highest BCUT2D eigenvalue weighted by Gasteiger charge is 2.17. The van der Waals surface area contributed by atoms with E-state index in [1.54, 1.807) is 12.0 Å². The first kappa shape index (κ1) is 25.6. The molecule has 0 saturated carbocycles. The number of ether oxygens (including phenoxy) is 3. The Morgan fingerprint density at radius 1 is 0.730 bits per heavy atom. The summed E-state index contributed by atoms with van der Waals surface area (Å²) in [6, 6.07) is 32.9. The summed E-state index contributed by atoms with van der Waals surface area (Å²) in [6.45, 7) is 3.80. The van der Waals surface area contributed by atoms with Crippen molar-refractivity contribution in [3.05, 3.63) is 120 Å². The van der Waals surface area contributed by atoms with Crippen molar-refractivity contribution in [2.24, 2.45) is 0 Å². The highest BCUT2D eigenvalue weighted by atomic mass is 16.5. The maximum Gasteiger partial charge on any atom is 0.322 e. The van der Waals surface area contributed by atoms with E-state index < -0.39 is 0 Å². The van der Waals surface area contributed by atoms with E-state index in [4.69, 9.17) is 14.2 Å². The van der Waals surface area contributed by atoms with E-state index in [1.165, 1.54) is 0 Å². The van der Waals surface area contributed by atoms with Crippen LogP contribution < -0.4 is 19.5 Å². The van der Waals surface area contributed by atoms with Crippen molar-refractivity contribution in [2.45, 2.75) is 26.6 Å². The second-order valence-corrected chi connectivity index (χ2v) is 8.49. The van der Waals surface area contributed by atoms with Crippen molar-refractivity contribution >= 4 is 11.7 Å². The monoisotopic (exact) mass is 496 g/mol. The molecule has 190 valence electrons. The first-order valence-electron chi connectivity index (χ1n) is 12.3. The Morgan fingerprint density at radius 3 is 2.03 bits per heavy atom. The van der Waals surface area contributed by atoms with Crippen molar-refractivity contribution in [2.75, 3.05) is 19.0 Å². The van der Waals surface area contributed by atoms with Crippen LogP contribution in [0.2, 0.25) is 0 Å². The van der Waals surface area contributed by atoms with E-state index in [-0.39, 0.29) is 6.03 Å². The summed E-state index contributed by atoms with van der Waals surface area (Å²) in [5.41, 5.74) is 3.74. The van der Waals surface area contributed by atoms with E-state index in [0.717, 1.165) is 22.4 Å². The van der Waals surface area contributed by atoms with Crippen LogP contribution in [0.25, 0.3) is 0 Å². The van der Waals surface area contributed by atoms with Gasteiger partial charge < -0.3 is 24.4 Å². The predicted octanol–water partition coefficient (Wildman–Crippen LogP) is 6.91. The SMILES string of the molecule is CCOc1ccc(NC(=O)N(Cc2ccccc2)Cc2ccc(OC)c(OCc3ccccc3)c2)cc1. The van der Waals surface area contributed by atoms with Crippen LogP contribution in [0.3, 0.4) is 0 Å². The Bertz CT molecular complexity index is 1260. The molecule has 1 N–H and O–H groups in total. The van der Waals surface area contributed by atoms with Crippen LogP contribution in [0, 0.1) is 0 Å². The maximum atomic E-state index is 13.4. The minimum Gasteiger partial charge on any atom is -0.494 e. The van der Waals surface area contributed by atoms with Crippen molar-refractivity contribution in [3.8, 4) is 17.2 Å². The summed E-state index contributed by atoms with van der Waals surface area (Å²) in [4.78, 5) is 15.2.